The van der Waals surface area contributed by atoms with E-state index in [-0.39, 0.29) is 11.5 Å². The summed E-state index contributed by atoms with van der Waals surface area (Å²) in [5.74, 6) is -0.721. The smallest absolute Gasteiger partial charge is 0.320 e. The van der Waals surface area contributed by atoms with Gasteiger partial charge >= 0.3 is 5.97 Å². The summed E-state index contributed by atoms with van der Waals surface area (Å²) in [6.07, 6.45) is 4.64. The van der Waals surface area contributed by atoms with E-state index in [1.807, 2.05) is 18.7 Å². The van der Waals surface area contributed by atoms with Crippen LogP contribution >= 0.6 is 0 Å². The first-order valence-corrected chi connectivity index (χ1v) is 6.34. The van der Waals surface area contributed by atoms with Gasteiger partial charge in [0.15, 0.2) is 0 Å². The molecule has 0 amide bonds. The Balaban J connectivity index is 2.59. The van der Waals surface area contributed by atoms with Crippen LogP contribution in [0.3, 0.4) is 0 Å². The predicted molar refractivity (Wildman–Crippen MR) is 65.5 cm³/mol. The molecule has 0 radical (unpaired) electrons. The number of nitriles is 1. The maximum atomic E-state index is 11.2. The Labute approximate surface area is 103 Å². The molecule has 0 aromatic carbocycles. The number of aliphatic carboxylic acids is 1. The Hall–Kier alpha value is -1.08. The van der Waals surface area contributed by atoms with Gasteiger partial charge in [0.25, 0.3) is 0 Å². The minimum atomic E-state index is -0.721. The molecule has 1 unspecified atom stereocenters. The average Bonchev–Trinajstić information content (AvgIpc) is 2.51. The fourth-order valence-electron chi connectivity index (χ4n) is 2.19. The molecular formula is C13H22N2O2. The van der Waals surface area contributed by atoms with Gasteiger partial charge in [0, 0.05) is 6.54 Å². The second-order valence-corrected chi connectivity index (χ2v) is 5.49. The van der Waals surface area contributed by atoms with Gasteiger partial charge in [-0.05, 0) is 39.7 Å². The lowest BCUT2D eigenvalue weighted by Crippen LogP contribution is -2.42. The number of hydrogen-bond donors (Lipinski definition) is 1. The number of nitrogens with zero attached hydrogens (tertiary/aromatic N) is 2. The number of rotatable bonds is 4. The van der Waals surface area contributed by atoms with E-state index in [9.17, 15) is 9.90 Å². The van der Waals surface area contributed by atoms with Crippen molar-refractivity contribution in [1.82, 2.24) is 4.90 Å². The third kappa shape index (κ3) is 4.35. The van der Waals surface area contributed by atoms with Gasteiger partial charge in [-0.15, -0.1) is 0 Å². The highest BCUT2D eigenvalue weighted by atomic mass is 16.4. The summed E-state index contributed by atoms with van der Waals surface area (Å²) in [5.41, 5.74) is -0.366. The van der Waals surface area contributed by atoms with Crippen LogP contribution in [0.4, 0.5) is 0 Å². The van der Waals surface area contributed by atoms with Gasteiger partial charge in [-0.25, -0.2) is 0 Å². The molecule has 17 heavy (non-hydrogen) atoms. The standard InChI is InChI=1S/C13H22N2O2/c1-13(2,10-14)7-9-15-8-5-3-4-6-11(15)12(16)17/h11H,3-9H2,1-2H3,(H,16,17). The topological polar surface area (TPSA) is 64.3 Å². The lowest BCUT2D eigenvalue weighted by atomic mass is 9.91. The summed E-state index contributed by atoms with van der Waals surface area (Å²) in [7, 11) is 0. The van der Waals surface area contributed by atoms with Crippen molar-refractivity contribution in [1.29, 1.82) is 5.26 Å². The van der Waals surface area contributed by atoms with E-state index in [0.717, 1.165) is 38.6 Å². The summed E-state index contributed by atoms with van der Waals surface area (Å²) in [6, 6.07) is 1.91. The van der Waals surface area contributed by atoms with Gasteiger partial charge in [-0.3, -0.25) is 9.69 Å². The normalized spacial score (nSPS) is 22.8. The minimum Gasteiger partial charge on any atom is -0.480 e. The zero-order valence-corrected chi connectivity index (χ0v) is 10.8. The molecule has 1 atom stereocenters. The molecule has 1 heterocycles. The number of carboxylic acid groups (broad SMARTS) is 1. The molecule has 4 nitrogen and oxygen atoms in total. The van der Waals surface area contributed by atoms with Crippen LogP contribution in [0, 0.1) is 16.7 Å². The molecule has 1 saturated heterocycles. The SMILES string of the molecule is CC(C)(C#N)CCN1CCCCCC1C(=O)O. The van der Waals surface area contributed by atoms with Crippen molar-refractivity contribution >= 4 is 5.97 Å². The average molecular weight is 238 g/mol. The van der Waals surface area contributed by atoms with Gasteiger partial charge in [-0.1, -0.05) is 12.8 Å². The summed E-state index contributed by atoms with van der Waals surface area (Å²) in [6.45, 7) is 5.36. The maximum absolute atomic E-state index is 11.2. The summed E-state index contributed by atoms with van der Waals surface area (Å²) < 4.78 is 0. The fourth-order valence-corrected chi connectivity index (χ4v) is 2.19. The minimum absolute atomic E-state index is 0.355. The molecule has 1 aliphatic heterocycles. The van der Waals surface area contributed by atoms with Crippen LogP contribution in [0.5, 0.6) is 0 Å². The van der Waals surface area contributed by atoms with Crippen LogP contribution in [0.1, 0.15) is 46.0 Å². The molecule has 1 fully saturated rings. The highest BCUT2D eigenvalue weighted by Gasteiger charge is 2.28. The van der Waals surface area contributed by atoms with Crippen LogP contribution in [-0.4, -0.2) is 35.1 Å². The highest BCUT2D eigenvalue weighted by Crippen LogP contribution is 2.23. The zero-order chi connectivity index (χ0) is 12.9. The summed E-state index contributed by atoms with van der Waals surface area (Å²) in [4.78, 5) is 13.2. The first-order valence-electron chi connectivity index (χ1n) is 6.34. The number of carboxylic acids is 1. The van der Waals surface area contributed by atoms with Crippen molar-refractivity contribution in [2.75, 3.05) is 13.1 Å². The Morgan fingerprint density at radius 1 is 1.47 bits per heavy atom. The van der Waals surface area contributed by atoms with Crippen molar-refractivity contribution in [3.63, 3.8) is 0 Å². The third-order valence-corrected chi connectivity index (χ3v) is 3.48. The molecule has 0 saturated carbocycles. The molecule has 96 valence electrons. The van der Waals surface area contributed by atoms with Crippen molar-refractivity contribution in [3.8, 4) is 6.07 Å². The first kappa shape index (κ1) is 14.0. The molecular weight excluding hydrogens is 216 g/mol. The van der Waals surface area contributed by atoms with E-state index in [0.29, 0.717) is 6.54 Å². The molecule has 0 bridgehead atoms. The number of carbonyl (C=O) groups is 1. The lowest BCUT2D eigenvalue weighted by molar-refractivity contribution is -0.143. The van der Waals surface area contributed by atoms with Crippen molar-refractivity contribution in [2.45, 2.75) is 52.0 Å². The molecule has 1 N–H and O–H groups in total. The fraction of sp³-hybridized carbons (Fsp3) is 0.846. The molecule has 0 spiro atoms. The summed E-state index contributed by atoms with van der Waals surface area (Å²) in [5, 5.41) is 18.2. The van der Waals surface area contributed by atoms with E-state index in [4.69, 9.17) is 5.26 Å². The molecule has 0 aromatic rings. The van der Waals surface area contributed by atoms with Crippen molar-refractivity contribution < 1.29 is 9.90 Å². The van der Waals surface area contributed by atoms with Gasteiger partial charge < -0.3 is 5.11 Å². The van der Waals surface area contributed by atoms with Crippen molar-refractivity contribution in [2.24, 2.45) is 5.41 Å². The quantitative estimate of drug-likeness (QED) is 0.816. The Morgan fingerprint density at radius 2 is 2.18 bits per heavy atom. The van der Waals surface area contributed by atoms with E-state index >= 15 is 0 Å². The monoisotopic (exact) mass is 238 g/mol. The van der Waals surface area contributed by atoms with Gasteiger partial charge in [0.1, 0.15) is 6.04 Å². The maximum Gasteiger partial charge on any atom is 0.320 e. The van der Waals surface area contributed by atoms with Crippen LogP contribution in [-0.2, 0) is 4.79 Å². The molecule has 1 rings (SSSR count). The van der Waals surface area contributed by atoms with E-state index in [1.165, 1.54) is 0 Å². The predicted octanol–water partition coefficient (Wildman–Crippen LogP) is 2.26. The van der Waals surface area contributed by atoms with E-state index in [2.05, 4.69) is 6.07 Å². The van der Waals surface area contributed by atoms with Gasteiger partial charge in [0.2, 0.25) is 0 Å². The van der Waals surface area contributed by atoms with Crippen molar-refractivity contribution in [3.05, 3.63) is 0 Å². The Bertz CT molecular complexity index is 307. The van der Waals surface area contributed by atoms with Crippen LogP contribution in [0.15, 0.2) is 0 Å². The zero-order valence-electron chi connectivity index (χ0n) is 10.8. The highest BCUT2D eigenvalue weighted by molar-refractivity contribution is 5.73. The second-order valence-electron chi connectivity index (χ2n) is 5.49. The van der Waals surface area contributed by atoms with Gasteiger partial charge in [-0.2, -0.15) is 5.26 Å². The van der Waals surface area contributed by atoms with Crippen LogP contribution in [0.25, 0.3) is 0 Å². The van der Waals surface area contributed by atoms with E-state index in [1.54, 1.807) is 0 Å². The van der Waals surface area contributed by atoms with Crippen LogP contribution < -0.4 is 0 Å². The molecule has 0 aliphatic carbocycles. The number of likely N-dealkylation sites (tertiary alicyclic amines) is 1. The van der Waals surface area contributed by atoms with E-state index < -0.39 is 5.97 Å². The Morgan fingerprint density at radius 3 is 2.76 bits per heavy atom. The lowest BCUT2D eigenvalue weighted by Gasteiger charge is -2.28. The van der Waals surface area contributed by atoms with Gasteiger partial charge in [0.05, 0.1) is 11.5 Å². The Kier molecular flexibility index (Phi) is 4.95. The molecule has 4 heteroatoms. The largest absolute Gasteiger partial charge is 0.480 e. The third-order valence-electron chi connectivity index (χ3n) is 3.48. The van der Waals surface area contributed by atoms with Crippen LogP contribution in [0.2, 0.25) is 0 Å². The summed E-state index contributed by atoms with van der Waals surface area (Å²) >= 11 is 0. The second kappa shape index (κ2) is 6.02. The molecule has 1 aliphatic rings. The number of hydrogen-bond acceptors (Lipinski definition) is 3. The molecule has 0 aromatic heterocycles. The first-order chi connectivity index (χ1) is 7.96.